The van der Waals surface area contributed by atoms with Gasteiger partial charge in [0.15, 0.2) is 23.0 Å². The van der Waals surface area contributed by atoms with E-state index in [-0.39, 0.29) is 25.0 Å². The number of carbonyl (C=O) groups excluding carboxylic acids is 1. The molecule has 3 aromatic rings. The van der Waals surface area contributed by atoms with Crippen LogP contribution >= 0.6 is 0 Å². The molecule has 0 saturated carbocycles. The average Bonchev–Trinajstić information content (AvgIpc) is 3.56. The Labute approximate surface area is 183 Å². The van der Waals surface area contributed by atoms with E-state index in [0.717, 1.165) is 5.56 Å². The summed E-state index contributed by atoms with van der Waals surface area (Å²) in [7, 11) is 4.60. The zero-order chi connectivity index (χ0) is 22.2. The molecule has 0 N–H and O–H groups in total. The molecule has 0 spiro atoms. The molecule has 2 aliphatic rings. The van der Waals surface area contributed by atoms with Crippen LogP contribution in [0.25, 0.3) is 11.4 Å². The number of amides is 1. The molecule has 1 fully saturated rings. The maximum Gasteiger partial charge on any atom is 0.232 e. The third-order valence-corrected chi connectivity index (χ3v) is 5.51. The van der Waals surface area contributed by atoms with Gasteiger partial charge in [0.05, 0.1) is 32.9 Å². The van der Waals surface area contributed by atoms with Crippen LogP contribution in [0.15, 0.2) is 34.9 Å². The Morgan fingerprint density at radius 3 is 2.47 bits per heavy atom. The summed E-state index contributed by atoms with van der Waals surface area (Å²) >= 11 is 0. The smallest absolute Gasteiger partial charge is 0.232 e. The molecule has 2 aliphatic heterocycles. The van der Waals surface area contributed by atoms with Gasteiger partial charge in [0, 0.05) is 30.7 Å². The fourth-order valence-electron chi connectivity index (χ4n) is 3.90. The normalized spacial score (nSPS) is 17.0. The Bertz CT molecular complexity index is 1150. The lowest BCUT2D eigenvalue weighted by Gasteiger charge is -2.20. The lowest BCUT2D eigenvalue weighted by atomic mass is 10.1. The maximum atomic E-state index is 12.8. The summed E-state index contributed by atoms with van der Waals surface area (Å²) < 4.78 is 32.4. The minimum absolute atomic E-state index is 0.0629. The van der Waals surface area contributed by atoms with E-state index in [1.165, 1.54) is 21.3 Å². The second-order valence-corrected chi connectivity index (χ2v) is 7.31. The van der Waals surface area contributed by atoms with Crippen LogP contribution < -0.4 is 28.6 Å². The van der Waals surface area contributed by atoms with Crippen molar-refractivity contribution in [2.24, 2.45) is 0 Å². The molecular formula is C22H21N3O7. The first kappa shape index (κ1) is 20.0. The molecule has 2 aromatic carbocycles. The van der Waals surface area contributed by atoms with Crippen LogP contribution in [0.5, 0.6) is 28.7 Å². The van der Waals surface area contributed by atoms with Crippen molar-refractivity contribution >= 4 is 11.6 Å². The summed E-state index contributed by atoms with van der Waals surface area (Å²) in [6.07, 6.45) is 0.249. The number of nitrogens with zero attached hydrogens (tertiary/aromatic N) is 3. The van der Waals surface area contributed by atoms with Gasteiger partial charge >= 0.3 is 0 Å². The van der Waals surface area contributed by atoms with Crippen LogP contribution in [0.3, 0.4) is 0 Å². The van der Waals surface area contributed by atoms with E-state index < -0.39 is 0 Å². The summed E-state index contributed by atoms with van der Waals surface area (Å²) in [6.45, 7) is 0.581. The molecule has 166 valence electrons. The molecule has 0 aliphatic carbocycles. The number of carbonyl (C=O) groups is 1. The Balaban J connectivity index is 1.39. The van der Waals surface area contributed by atoms with Crippen LogP contribution in [0.4, 0.5) is 5.69 Å². The van der Waals surface area contributed by atoms with Crippen LogP contribution in [0, 0.1) is 0 Å². The zero-order valence-corrected chi connectivity index (χ0v) is 17.8. The number of aromatic nitrogens is 2. The number of methoxy groups -OCH3 is 3. The van der Waals surface area contributed by atoms with Crippen molar-refractivity contribution in [1.29, 1.82) is 0 Å². The van der Waals surface area contributed by atoms with Crippen LogP contribution in [0.2, 0.25) is 0 Å². The van der Waals surface area contributed by atoms with E-state index in [9.17, 15) is 4.79 Å². The van der Waals surface area contributed by atoms with E-state index >= 15 is 0 Å². The average molecular weight is 439 g/mol. The standard InChI is InChI=1S/C22H21N3O7/c1-27-17-8-14(9-18(28-2)20(17)29-3)25-10-13(7-19(25)26)22-23-21(24-32-22)12-4-5-15-16(6-12)31-11-30-15/h4-6,8-9,13H,7,10-11H2,1-3H3. The van der Waals surface area contributed by atoms with Gasteiger partial charge in [-0.2, -0.15) is 4.98 Å². The molecule has 10 heteroatoms. The molecule has 1 atom stereocenters. The predicted octanol–water partition coefficient (Wildman–Crippen LogP) is 3.01. The van der Waals surface area contributed by atoms with Crippen LogP contribution in [-0.2, 0) is 4.79 Å². The molecule has 10 nitrogen and oxygen atoms in total. The van der Waals surface area contributed by atoms with E-state index in [2.05, 4.69) is 10.1 Å². The monoisotopic (exact) mass is 439 g/mol. The van der Waals surface area contributed by atoms with Crippen molar-refractivity contribution in [2.45, 2.75) is 12.3 Å². The highest BCUT2D eigenvalue weighted by atomic mass is 16.7. The first-order chi connectivity index (χ1) is 15.6. The molecule has 5 rings (SSSR count). The maximum absolute atomic E-state index is 12.8. The summed E-state index contributed by atoms with van der Waals surface area (Å²) in [5.41, 5.74) is 1.39. The summed E-state index contributed by atoms with van der Waals surface area (Å²) in [6, 6.07) is 8.93. The second kappa shape index (κ2) is 7.95. The molecule has 1 saturated heterocycles. The first-order valence-corrected chi connectivity index (χ1v) is 9.95. The molecule has 32 heavy (non-hydrogen) atoms. The van der Waals surface area contributed by atoms with Gasteiger partial charge < -0.3 is 33.1 Å². The van der Waals surface area contributed by atoms with Gasteiger partial charge in [-0.1, -0.05) is 5.16 Å². The summed E-state index contributed by atoms with van der Waals surface area (Å²) in [4.78, 5) is 19.0. The molecule has 0 bridgehead atoms. The minimum Gasteiger partial charge on any atom is -0.493 e. The van der Waals surface area contributed by atoms with E-state index in [1.807, 2.05) is 6.07 Å². The highest BCUT2D eigenvalue weighted by Gasteiger charge is 2.36. The quantitative estimate of drug-likeness (QED) is 0.573. The number of rotatable bonds is 6. The van der Waals surface area contributed by atoms with E-state index in [1.54, 1.807) is 29.2 Å². The van der Waals surface area contributed by atoms with Gasteiger partial charge in [0.2, 0.25) is 30.2 Å². The van der Waals surface area contributed by atoms with Crippen molar-refractivity contribution in [3.63, 3.8) is 0 Å². The molecule has 1 aromatic heterocycles. The third-order valence-electron chi connectivity index (χ3n) is 5.51. The number of hydrogen-bond donors (Lipinski definition) is 0. The van der Waals surface area contributed by atoms with Gasteiger partial charge in [-0.15, -0.1) is 0 Å². The zero-order valence-electron chi connectivity index (χ0n) is 17.8. The van der Waals surface area contributed by atoms with Crippen molar-refractivity contribution in [1.82, 2.24) is 10.1 Å². The van der Waals surface area contributed by atoms with Gasteiger partial charge in [-0.25, -0.2) is 0 Å². The Morgan fingerprint density at radius 2 is 1.75 bits per heavy atom. The number of anilines is 1. The second-order valence-electron chi connectivity index (χ2n) is 7.31. The minimum atomic E-state index is -0.239. The van der Waals surface area contributed by atoms with Gasteiger partial charge in [0.25, 0.3) is 0 Å². The Morgan fingerprint density at radius 1 is 1.00 bits per heavy atom. The van der Waals surface area contributed by atoms with E-state index in [4.69, 9.17) is 28.2 Å². The van der Waals surface area contributed by atoms with Crippen molar-refractivity contribution in [3.05, 3.63) is 36.2 Å². The highest BCUT2D eigenvalue weighted by molar-refractivity contribution is 5.97. The number of ether oxygens (including phenoxy) is 5. The highest BCUT2D eigenvalue weighted by Crippen LogP contribution is 2.43. The molecule has 1 amide bonds. The van der Waals surface area contributed by atoms with Crippen LogP contribution in [0.1, 0.15) is 18.2 Å². The number of benzene rings is 2. The lowest BCUT2D eigenvalue weighted by Crippen LogP contribution is -2.24. The van der Waals surface area contributed by atoms with Gasteiger partial charge in [0.1, 0.15) is 0 Å². The van der Waals surface area contributed by atoms with Crippen LogP contribution in [-0.4, -0.2) is 50.7 Å². The topological polar surface area (TPSA) is 105 Å². The fourth-order valence-corrected chi connectivity index (χ4v) is 3.90. The van der Waals surface area contributed by atoms with Gasteiger partial charge in [-0.3, -0.25) is 4.79 Å². The number of fused-ring (bicyclic) bond motifs is 1. The SMILES string of the molecule is COc1cc(N2CC(c3nc(-c4ccc5c(c4)OCO5)no3)CC2=O)cc(OC)c1OC. The lowest BCUT2D eigenvalue weighted by molar-refractivity contribution is -0.117. The van der Waals surface area contributed by atoms with Crippen molar-refractivity contribution in [3.8, 4) is 40.1 Å². The largest absolute Gasteiger partial charge is 0.493 e. The van der Waals surface area contributed by atoms with Crippen molar-refractivity contribution < 1.29 is 33.0 Å². The van der Waals surface area contributed by atoms with Gasteiger partial charge in [-0.05, 0) is 18.2 Å². The van der Waals surface area contributed by atoms with E-state index in [0.29, 0.717) is 52.7 Å². The summed E-state index contributed by atoms with van der Waals surface area (Å²) in [5, 5.41) is 4.09. The first-order valence-electron chi connectivity index (χ1n) is 9.95. The molecule has 0 radical (unpaired) electrons. The molecule has 3 heterocycles. The molecular weight excluding hydrogens is 418 g/mol. The Hall–Kier alpha value is -3.95. The third kappa shape index (κ3) is 3.33. The van der Waals surface area contributed by atoms with Crippen molar-refractivity contribution in [2.75, 3.05) is 39.6 Å². The Kier molecular flexibility index (Phi) is 4.96. The molecule has 1 unspecified atom stereocenters. The fraction of sp³-hybridized carbons (Fsp3) is 0.318. The summed E-state index contributed by atoms with van der Waals surface area (Å²) in [5.74, 6) is 3.26. The predicted molar refractivity (Wildman–Crippen MR) is 112 cm³/mol. The number of hydrogen-bond acceptors (Lipinski definition) is 9.